The molecular formula is C20H26N3O5+. The van der Waals surface area contributed by atoms with Crippen LogP contribution in [0.4, 0.5) is 5.69 Å². The van der Waals surface area contributed by atoms with Gasteiger partial charge >= 0.3 is 0 Å². The number of likely N-dealkylation sites (N-methyl/N-ethyl adjacent to an activating group) is 1. The standard InChI is InChI=1S/C20H25N3O5/c1-21-20(25)18(14-5-3-2-4-6-14)22-19(24)17-12-11-16(28-17)13-7-9-15(10-8-13)23(26)27/h7-12,14,18,26-27H,2-6H2,1H3,(H,21,25)(H,22,24)/p+1/t18-/m0/s1. The predicted octanol–water partition coefficient (Wildman–Crippen LogP) is 1.67. The Kier molecular flexibility index (Phi) is 6.45. The SMILES string of the molecule is CNC(=O)[C@@H](NC(=O)c1ccc(-c2ccc([NH+](O)O)cc2)o1)C1CCCCC1. The smallest absolute Gasteiger partial charge is 0.287 e. The lowest BCUT2D eigenvalue weighted by Gasteiger charge is -2.29. The maximum atomic E-state index is 12.7. The lowest BCUT2D eigenvalue weighted by molar-refractivity contribution is -1.19. The number of amides is 2. The molecule has 1 fully saturated rings. The number of carbonyl (C=O) groups excluding carboxylic acids is 2. The van der Waals surface area contributed by atoms with Gasteiger partial charge in [-0.1, -0.05) is 19.3 Å². The van der Waals surface area contributed by atoms with Crippen molar-refractivity contribution in [1.29, 1.82) is 0 Å². The number of quaternary nitrogens is 1. The monoisotopic (exact) mass is 388 g/mol. The summed E-state index contributed by atoms with van der Waals surface area (Å²) in [5.41, 5.74) is 0.980. The molecule has 2 amide bonds. The molecule has 1 aromatic heterocycles. The Morgan fingerprint density at radius 2 is 1.75 bits per heavy atom. The normalized spacial score (nSPS) is 16.0. The van der Waals surface area contributed by atoms with E-state index in [1.54, 1.807) is 31.3 Å². The average Bonchev–Trinajstić information content (AvgIpc) is 3.22. The first kappa shape index (κ1) is 20.1. The molecule has 1 saturated carbocycles. The fourth-order valence-electron chi connectivity index (χ4n) is 3.63. The molecule has 0 aliphatic heterocycles. The van der Waals surface area contributed by atoms with E-state index in [0.29, 0.717) is 11.3 Å². The fourth-order valence-corrected chi connectivity index (χ4v) is 3.63. The van der Waals surface area contributed by atoms with Crippen LogP contribution in [-0.2, 0) is 4.79 Å². The molecule has 5 N–H and O–H groups in total. The molecule has 0 saturated heterocycles. The molecule has 0 spiro atoms. The van der Waals surface area contributed by atoms with Crippen molar-refractivity contribution in [3.05, 3.63) is 42.2 Å². The van der Waals surface area contributed by atoms with Crippen LogP contribution in [0.15, 0.2) is 40.8 Å². The Morgan fingerprint density at radius 3 is 2.36 bits per heavy atom. The predicted molar refractivity (Wildman–Crippen MR) is 100 cm³/mol. The molecule has 0 radical (unpaired) electrons. The van der Waals surface area contributed by atoms with Crippen LogP contribution in [-0.4, -0.2) is 35.3 Å². The Hall–Kier alpha value is -2.68. The minimum absolute atomic E-state index is 0.125. The molecular weight excluding hydrogens is 362 g/mol. The Labute approximate surface area is 163 Å². The number of hydrogen-bond acceptors (Lipinski definition) is 5. The number of carbonyl (C=O) groups is 2. The van der Waals surface area contributed by atoms with Crippen LogP contribution < -0.4 is 15.9 Å². The summed E-state index contributed by atoms with van der Waals surface area (Å²) >= 11 is 0. The van der Waals surface area contributed by atoms with E-state index in [2.05, 4.69) is 10.6 Å². The van der Waals surface area contributed by atoms with Gasteiger partial charge < -0.3 is 15.1 Å². The van der Waals surface area contributed by atoms with Crippen molar-refractivity contribution in [2.45, 2.75) is 38.1 Å². The van der Waals surface area contributed by atoms with Crippen LogP contribution in [0.1, 0.15) is 42.7 Å². The van der Waals surface area contributed by atoms with Gasteiger partial charge in [0.2, 0.25) is 5.91 Å². The first-order valence-electron chi connectivity index (χ1n) is 9.47. The molecule has 1 atom stereocenters. The lowest BCUT2D eigenvalue weighted by atomic mass is 9.83. The molecule has 8 nitrogen and oxygen atoms in total. The summed E-state index contributed by atoms with van der Waals surface area (Å²) in [4.78, 5) is 24.9. The fraction of sp³-hybridized carbons (Fsp3) is 0.400. The summed E-state index contributed by atoms with van der Waals surface area (Å²) in [6, 6.07) is 9.07. The second-order valence-corrected chi connectivity index (χ2v) is 7.03. The van der Waals surface area contributed by atoms with Gasteiger partial charge in [-0.05, 0) is 48.3 Å². The zero-order valence-corrected chi connectivity index (χ0v) is 15.8. The van der Waals surface area contributed by atoms with Crippen LogP contribution in [0.5, 0.6) is 0 Å². The molecule has 1 aromatic carbocycles. The van der Waals surface area contributed by atoms with E-state index >= 15 is 0 Å². The second kappa shape index (κ2) is 9.01. The van der Waals surface area contributed by atoms with Crippen molar-refractivity contribution in [1.82, 2.24) is 10.6 Å². The molecule has 3 rings (SSSR count). The van der Waals surface area contributed by atoms with E-state index in [1.165, 1.54) is 12.1 Å². The average molecular weight is 388 g/mol. The number of nitrogens with one attached hydrogen (secondary N) is 3. The maximum absolute atomic E-state index is 12.7. The third-order valence-electron chi connectivity index (χ3n) is 5.19. The second-order valence-electron chi connectivity index (χ2n) is 7.03. The summed E-state index contributed by atoms with van der Waals surface area (Å²) < 4.78 is 5.66. The summed E-state index contributed by atoms with van der Waals surface area (Å²) in [6.45, 7) is 0. The van der Waals surface area contributed by atoms with Gasteiger partial charge in [0.05, 0.1) is 0 Å². The van der Waals surface area contributed by atoms with Gasteiger partial charge in [-0.2, -0.15) is 10.4 Å². The van der Waals surface area contributed by atoms with Gasteiger partial charge in [0.15, 0.2) is 11.4 Å². The quantitative estimate of drug-likeness (QED) is 0.483. The minimum Gasteiger partial charge on any atom is -0.451 e. The zero-order chi connectivity index (χ0) is 20.1. The number of furan rings is 1. The van der Waals surface area contributed by atoms with Crippen LogP contribution in [0, 0.1) is 5.92 Å². The van der Waals surface area contributed by atoms with Crippen molar-refractivity contribution < 1.29 is 29.6 Å². The molecule has 1 aliphatic rings. The summed E-state index contributed by atoms with van der Waals surface area (Å²) in [6.07, 6.45) is 5.13. The Morgan fingerprint density at radius 1 is 1.07 bits per heavy atom. The topological polar surface area (TPSA) is 116 Å². The highest BCUT2D eigenvalue weighted by Gasteiger charge is 2.31. The van der Waals surface area contributed by atoms with Gasteiger partial charge in [-0.15, -0.1) is 0 Å². The van der Waals surface area contributed by atoms with E-state index in [4.69, 9.17) is 14.8 Å². The van der Waals surface area contributed by atoms with Crippen LogP contribution in [0.2, 0.25) is 0 Å². The number of hydrogen-bond donors (Lipinski definition) is 5. The van der Waals surface area contributed by atoms with Gasteiger partial charge in [0.25, 0.3) is 5.91 Å². The molecule has 150 valence electrons. The third-order valence-corrected chi connectivity index (χ3v) is 5.19. The van der Waals surface area contributed by atoms with Crippen LogP contribution in [0.3, 0.4) is 0 Å². The van der Waals surface area contributed by atoms with Crippen molar-refractivity contribution in [2.75, 3.05) is 7.05 Å². The van der Waals surface area contributed by atoms with Crippen molar-refractivity contribution >= 4 is 17.5 Å². The molecule has 0 bridgehead atoms. The Bertz CT molecular complexity index is 810. The van der Waals surface area contributed by atoms with Crippen molar-refractivity contribution in [3.8, 4) is 11.3 Å². The summed E-state index contributed by atoms with van der Waals surface area (Å²) in [5, 5.41) is 22.9. The van der Waals surface area contributed by atoms with Crippen LogP contribution >= 0.6 is 0 Å². The summed E-state index contributed by atoms with van der Waals surface area (Å²) in [7, 11) is 1.57. The highest BCUT2D eigenvalue weighted by Crippen LogP contribution is 2.27. The van der Waals surface area contributed by atoms with Gasteiger partial charge in [-0.3, -0.25) is 9.59 Å². The van der Waals surface area contributed by atoms with E-state index in [9.17, 15) is 9.59 Å². The molecule has 1 aliphatic carbocycles. The number of benzene rings is 1. The lowest BCUT2D eigenvalue weighted by Crippen LogP contribution is -3.01. The Balaban J connectivity index is 1.72. The first-order valence-corrected chi connectivity index (χ1v) is 9.47. The molecule has 28 heavy (non-hydrogen) atoms. The van der Waals surface area contributed by atoms with Gasteiger partial charge in [0.1, 0.15) is 11.8 Å². The van der Waals surface area contributed by atoms with Crippen molar-refractivity contribution in [2.24, 2.45) is 5.92 Å². The van der Waals surface area contributed by atoms with E-state index in [-0.39, 0.29) is 23.3 Å². The first-order chi connectivity index (χ1) is 13.5. The highest BCUT2D eigenvalue weighted by atomic mass is 16.8. The van der Waals surface area contributed by atoms with E-state index < -0.39 is 17.2 Å². The van der Waals surface area contributed by atoms with Gasteiger partial charge in [-0.25, -0.2) is 0 Å². The van der Waals surface area contributed by atoms with Crippen LogP contribution in [0.25, 0.3) is 11.3 Å². The number of rotatable bonds is 6. The third kappa shape index (κ3) is 4.59. The zero-order valence-electron chi connectivity index (χ0n) is 15.8. The van der Waals surface area contributed by atoms with E-state index in [1.807, 2.05) is 0 Å². The van der Waals surface area contributed by atoms with Gasteiger partial charge in [0, 0.05) is 24.7 Å². The minimum atomic E-state index is -0.756. The van der Waals surface area contributed by atoms with Crippen molar-refractivity contribution in [3.63, 3.8) is 0 Å². The molecule has 2 aromatic rings. The molecule has 1 heterocycles. The maximum Gasteiger partial charge on any atom is 0.287 e. The largest absolute Gasteiger partial charge is 0.451 e. The molecule has 0 unspecified atom stereocenters. The van der Waals surface area contributed by atoms with E-state index in [0.717, 1.165) is 32.1 Å². The highest BCUT2D eigenvalue weighted by molar-refractivity contribution is 5.96. The summed E-state index contributed by atoms with van der Waals surface area (Å²) in [5.74, 6) is 0.108. The molecule has 8 heteroatoms.